The summed E-state index contributed by atoms with van der Waals surface area (Å²) in [7, 11) is 0. The van der Waals surface area contributed by atoms with E-state index in [9.17, 15) is 8.78 Å². The van der Waals surface area contributed by atoms with Crippen LogP contribution in [0.3, 0.4) is 0 Å². The molecule has 6 nitrogen and oxygen atoms in total. The number of halogens is 2. The Morgan fingerprint density at radius 1 is 0.690 bits per heavy atom. The van der Waals surface area contributed by atoms with Gasteiger partial charge in [0.15, 0.2) is 0 Å². The van der Waals surface area contributed by atoms with Gasteiger partial charge in [-0.1, -0.05) is 0 Å². The first kappa shape index (κ1) is 19.4. The normalized spacial score (nSPS) is 13.3. The molecule has 29 heavy (non-hydrogen) atoms. The van der Waals surface area contributed by atoms with Crippen LogP contribution in [0.2, 0.25) is 0 Å². The Balaban J connectivity index is 1.64. The molecule has 0 amide bonds. The molecular weight excluding hydrogens is 441 g/mol. The topological polar surface area (TPSA) is 61.4 Å². The summed E-state index contributed by atoms with van der Waals surface area (Å²) in [5.74, 6) is -0.531. The molecule has 0 aliphatic carbocycles. The van der Waals surface area contributed by atoms with Gasteiger partial charge in [-0.15, -0.1) is 0 Å². The van der Waals surface area contributed by atoms with Crippen molar-refractivity contribution in [1.82, 2.24) is 29.5 Å². The van der Waals surface area contributed by atoms with Gasteiger partial charge in [0.1, 0.15) is 0 Å². The number of aromatic nitrogens is 6. The predicted octanol–water partition coefficient (Wildman–Crippen LogP) is 3.03. The molecule has 2 atom stereocenters. The summed E-state index contributed by atoms with van der Waals surface area (Å²) < 4.78 is 30.5. The Kier molecular flexibility index (Phi) is 6.07. The molecule has 0 radical (unpaired) electrons. The van der Waals surface area contributed by atoms with Crippen LogP contribution in [-0.2, 0) is 13.1 Å². The second-order valence-electron chi connectivity index (χ2n) is 6.45. The van der Waals surface area contributed by atoms with Crippen molar-refractivity contribution >= 4 is 15.0 Å². The molecule has 2 unspecified atom stereocenters. The molecule has 4 rings (SSSR count). The second-order valence-corrected chi connectivity index (χ2v) is 9.41. The van der Waals surface area contributed by atoms with Gasteiger partial charge >= 0.3 is 173 Å². The number of hydrogen-bond acceptors (Lipinski definition) is 4. The summed E-state index contributed by atoms with van der Waals surface area (Å²) >= 11 is 0.0214. The van der Waals surface area contributed by atoms with Crippen LogP contribution < -0.4 is 0 Å². The Hall–Kier alpha value is -2.90. The van der Waals surface area contributed by atoms with Crippen molar-refractivity contribution in [3.8, 4) is 0 Å². The van der Waals surface area contributed by atoms with Gasteiger partial charge in [-0.05, 0) is 0 Å². The minimum atomic E-state index is -0.265. The van der Waals surface area contributed by atoms with Gasteiger partial charge in [0, 0.05) is 0 Å². The van der Waals surface area contributed by atoms with E-state index in [1.807, 2.05) is 24.3 Å². The van der Waals surface area contributed by atoms with E-state index >= 15 is 0 Å². The maximum atomic E-state index is 13.5. The van der Waals surface area contributed by atoms with Crippen LogP contribution in [0.25, 0.3) is 0 Å². The Morgan fingerprint density at radius 2 is 1.10 bits per heavy atom. The standard InChI is InChI=1S/C20H18F2N6Se/c21-17-5-1-15(2-6-17)19(9-27-13-23-11-25-27)29-20(10-28-14-24-12-26-28)16-3-7-18(22)8-4-16/h1-8,11-14,19-20H,9-10H2. The molecule has 0 saturated carbocycles. The molecule has 0 bridgehead atoms. The molecule has 0 saturated heterocycles. The van der Waals surface area contributed by atoms with Gasteiger partial charge < -0.3 is 0 Å². The average molecular weight is 459 g/mol. The molecule has 0 aliphatic heterocycles. The summed E-state index contributed by atoms with van der Waals surface area (Å²) in [6.45, 7) is 1.25. The monoisotopic (exact) mass is 460 g/mol. The van der Waals surface area contributed by atoms with E-state index in [1.54, 1.807) is 22.0 Å². The zero-order chi connectivity index (χ0) is 20.1. The number of rotatable bonds is 8. The second kappa shape index (κ2) is 9.07. The minimum absolute atomic E-state index is 0.0214. The Labute approximate surface area is 172 Å². The molecule has 2 aromatic carbocycles. The fraction of sp³-hybridized carbons (Fsp3) is 0.200. The van der Waals surface area contributed by atoms with Crippen LogP contribution in [0.15, 0.2) is 73.8 Å². The number of nitrogens with zero attached hydrogens (tertiary/aromatic N) is 6. The Morgan fingerprint density at radius 3 is 1.45 bits per heavy atom. The summed E-state index contributed by atoms with van der Waals surface area (Å²) in [5.41, 5.74) is 2.07. The van der Waals surface area contributed by atoms with Gasteiger partial charge in [0.2, 0.25) is 0 Å². The van der Waals surface area contributed by atoms with Crippen molar-refractivity contribution in [2.45, 2.75) is 22.7 Å². The summed E-state index contributed by atoms with van der Waals surface area (Å²) in [5, 5.41) is 8.46. The van der Waals surface area contributed by atoms with E-state index in [-0.39, 0.29) is 36.2 Å². The molecule has 148 valence electrons. The van der Waals surface area contributed by atoms with E-state index in [0.29, 0.717) is 13.1 Å². The van der Waals surface area contributed by atoms with Gasteiger partial charge in [-0.2, -0.15) is 0 Å². The first-order chi connectivity index (χ1) is 14.2. The third-order valence-electron chi connectivity index (χ3n) is 4.45. The predicted molar refractivity (Wildman–Crippen MR) is 104 cm³/mol. The van der Waals surface area contributed by atoms with E-state index in [4.69, 9.17) is 0 Å². The molecular formula is C20H18F2N6Se. The summed E-state index contributed by atoms with van der Waals surface area (Å²) in [6, 6.07) is 13.2. The van der Waals surface area contributed by atoms with Crippen molar-refractivity contribution in [2.24, 2.45) is 0 Å². The summed E-state index contributed by atoms with van der Waals surface area (Å²) in [6.07, 6.45) is 6.36. The van der Waals surface area contributed by atoms with Gasteiger partial charge in [-0.3, -0.25) is 0 Å². The molecule has 0 aliphatic rings. The van der Waals surface area contributed by atoms with Crippen LogP contribution in [0.4, 0.5) is 8.78 Å². The van der Waals surface area contributed by atoms with Crippen LogP contribution in [0.5, 0.6) is 0 Å². The van der Waals surface area contributed by atoms with Crippen molar-refractivity contribution in [3.05, 3.63) is 96.6 Å². The molecule has 2 heterocycles. The Bertz CT molecular complexity index is 921. The molecule has 0 N–H and O–H groups in total. The zero-order valence-corrected chi connectivity index (χ0v) is 17.1. The molecule has 2 aromatic heterocycles. The zero-order valence-electron chi connectivity index (χ0n) is 15.3. The molecule has 4 aromatic rings. The quantitative estimate of drug-likeness (QED) is 0.380. The van der Waals surface area contributed by atoms with Crippen LogP contribution in [0, 0.1) is 11.6 Å². The van der Waals surface area contributed by atoms with Crippen molar-refractivity contribution in [2.75, 3.05) is 0 Å². The fourth-order valence-corrected chi connectivity index (χ4v) is 6.15. The van der Waals surface area contributed by atoms with Crippen molar-refractivity contribution in [3.63, 3.8) is 0 Å². The molecule has 0 spiro atoms. The van der Waals surface area contributed by atoms with Crippen molar-refractivity contribution in [1.29, 1.82) is 0 Å². The van der Waals surface area contributed by atoms with Crippen LogP contribution in [-0.4, -0.2) is 44.5 Å². The van der Waals surface area contributed by atoms with Crippen molar-refractivity contribution < 1.29 is 8.78 Å². The number of hydrogen-bond donors (Lipinski definition) is 0. The maximum absolute atomic E-state index is 13.5. The van der Waals surface area contributed by atoms with E-state index in [2.05, 4.69) is 20.2 Å². The molecule has 9 heteroatoms. The van der Waals surface area contributed by atoms with E-state index < -0.39 is 0 Å². The fourth-order valence-electron chi connectivity index (χ4n) is 3.00. The van der Waals surface area contributed by atoms with Crippen LogP contribution in [0.1, 0.15) is 20.8 Å². The average Bonchev–Trinajstić information content (AvgIpc) is 3.42. The van der Waals surface area contributed by atoms with Crippen LogP contribution >= 0.6 is 0 Å². The van der Waals surface area contributed by atoms with Gasteiger partial charge in [-0.25, -0.2) is 0 Å². The summed E-state index contributed by atoms with van der Waals surface area (Å²) in [4.78, 5) is 8.28. The van der Waals surface area contributed by atoms with E-state index in [0.717, 1.165) is 11.1 Å². The SMILES string of the molecule is Fc1ccc(C(Cn2cncn2)[Se]C(Cn2cncn2)c2ccc(F)cc2)cc1. The first-order valence-electron chi connectivity index (χ1n) is 8.98. The van der Waals surface area contributed by atoms with E-state index in [1.165, 1.54) is 36.9 Å². The number of benzene rings is 2. The third kappa shape index (κ3) is 5.13. The third-order valence-corrected chi connectivity index (χ3v) is 7.60. The first-order valence-corrected chi connectivity index (χ1v) is 11.0. The van der Waals surface area contributed by atoms with Gasteiger partial charge in [0.25, 0.3) is 0 Å². The van der Waals surface area contributed by atoms with Gasteiger partial charge in [0.05, 0.1) is 0 Å². The molecule has 0 fully saturated rings.